The highest BCUT2D eigenvalue weighted by atomic mass is 16.5. The summed E-state index contributed by atoms with van der Waals surface area (Å²) in [5.41, 5.74) is 2.28. The highest BCUT2D eigenvalue weighted by Crippen LogP contribution is 2.36. The van der Waals surface area contributed by atoms with Gasteiger partial charge in [0, 0.05) is 17.2 Å². The lowest BCUT2D eigenvalue weighted by atomic mass is 10.0. The second kappa shape index (κ2) is 10.9. The minimum Gasteiger partial charge on any atom is -0.507 e. The third-order valence-corrected chi connectivity index (χ3v) is 4.80. The molecule has 0 spiro atoms. The molecule has 0 unspecified atom stereocenters. The Morgan fingerprint density at radius 2 is 1.58 bits per heavy atom. The van der Waals surface area contributed by atoms with E-state index in [2.05, 4.69) is 16.8 Å². The molecule has 3 aromatic carbocycles. The molecule has 168 valence electrons. The number of benzene rings is 3. The molecule has 3 aromatic rings. The topological polar surface area (TPSA) is 109 Å². The van der Waals surface area contributed by atoms with Gasteiger partial charge in [0.15, 0.2) is 5.78 Å². The number of hydrogen-bond acceptors (Lipinski definition) is 7. The van der Waals surface area contributed by atoms with Gasteiger partial charge in [-0.15, -0.1) is 5.11 Å². The molecule has 0 saturated carbocycles. The molecule has 3 rings (SSSR count). The first kappa shape index (κ1) is 23.4. The van der Waals surface area contributed by atoms with E-state index in [0.29, 0.717) is 29.7 Å². The molecule has 0 aliphatic heterocycles. The zero-order valence-electron chi connectivity index (χ0n) is 18.2. The van der Waals surface area contributed by atoms with Crippen LogP contribution in [0.1, 0.15) is 34.8 Å². The number of hydrogen-bond donors (Lipinski definition) is 2. The van der Waals surface area contributed by atoms with Crippen molar-refractivity contribution in [2.75, 3.05) is 6.61 Å². The molecule has 0 aliphatic carbocycles. The van der Waals surface area contributed by atoms with Crippen molar-refractivity contribution < 1.29 is 24.5 Å². The first-order chi connectivity index (χ1) is 15.9. The highest BCUT2D eigenvalue weighted by Gasteiger charge is 2.17. The number of phenolic OH excluding ortho intramolecular Hbond substituents is 2. The zero-order chi connectivity index (χ0) is 23.8. The average Bonchev–Trinajstić information content (AvgIpc) is 2.82. The van der Waals surface area contributed by atoms with Crippen LogP contribution in [0.2, 0.25) is 0 Å². The van der Waals surface area contributed by atoms with Gasteiger partial charge in [0.25, 0.3) is 0 Å². The van der Waals surface area contributed by atoms with Gasteiger partial charge in [-0.1, -0.05) is 55.1 Å². The highest BCUT2D eigenvalue weighted by molar-refractivity contribution is 6.11. The third kappa shape index (κ3) is 6.13. The summed E-state index contributed by atoms with van der Waals surface area (Å²) in [7, 11) is 0. The van der Waals surface area contributed by atoms with Crippen molar-refractivity contribution in [2.24, 2.45) is 10.2 Å². The van der Waals surface area contributed by atoms with E-state index in [4.69, 9.17) is 4.74 Å². The van der Waals surface area contributed by atoms with Crippen LogP contribution < -0.4 is 0 Å². The number of phenols is 2. The van der Waals surface area contributed by atoms with Crippen LogP contribution in [0.15, 0.2) is 89.1 Å². The molecule has 0 radical (unpaired) electrons. The van der Waals surface area contributed by atoms with Gasteiger partial charge in [0.1, 0.15) is 17.2 Å². The number of carbonyl (C=O) groups excluding carboxylic acids is 2. The quantitative estimate of drug-likeness (QED) is 0.143. The third-order valence-electron chi connectivity index (χ3n) is 4.80. The summed E-state index contributed by atoms with van der Waals surface area (Å²) in [5, 5.41) is 28.7. The molecule has 0 fully saturated rings. The molecule has 0 atom stereocenters. The molecule has 7 heteroatoms. The van der Waals surface area contributed by atoms with Crippen LogP contribution in [0.3, 0.4) is 0 Å². The largest absolute Gasteiger partial charge is 0.507 e. The summed E-state index contributed by atoms with van der Waals surface area (Å²) >= 11 is 0. The molecule has 0 aliphatic rings. The Kier molecular flexibility index (Phi) is 7.70. The minimum absolute atomic E-state index is 0.0144. The molecular formula is C26H24N2O5. The number of ketones is 1. The van der Waals surface area contributed by atoms with Crippen molar-refractivity contribution >= 4 is 23.1 Å². The van der Waals surface area contributed by atoms with E-state index in [9.17, 15) is 19.8 Å². The SMILES string of the molecule is C=C(C)C(=O)OCCCc1ccccc1N=Nc1cc(C(=O)c2ccccc2)c(O)cc1O. The number of rotatable bonds is 9. The van der Waals surface area contributed by atoms with Crippen LogP contribution in [0.4, 0.5) is 11.4 Å². The Morgan fingerprint density at radius 3 is 2.30 bits per heavy atom. The fourth-order valence-electron chi connectivity index (χ4n) is 3.05. The number of azo groups is 1. The monoisotopic (exact) mass is 444 g/mol. The van der Waals surface area contributed by atoms with Crippen LogP contribution in [0.25, 0.3) is 0 Å². The lowest BCUT2D eigenvalue weighted by Crippen LogP contribution is -2.06. The Hall–Kier alpha value is -4.26. The summed E-state index contributed by atoms with van der Waals surface area (Å²) in [6.45, 7) is 5.39. The van der Waals surface area contributed by atoms with E-state index < -0.39 is 11.8 Å². The molecule has 33 heavy (non-hydrogen) atoms. The van der Waals surface area contributed by atoms with Gasteiger partial charge in [-0.2, -0.15) is 5.11 Å². The van der Waals surface area contributed by atoms with Gasteiger partial charge in [-0.3, -0.25) is 4.79 Å². The van der Waals surface area contributed by atoms with Crippen LogP contribution >= 0.6 is 0 Å². The Labute approximate surface area is 191 Å². The van der Waals surface area contributed by atoms with E-state index in [0.717, 1.165) is 11.6 Å². The van der Waals surface area contributed by atoms with Gasteiger partial charge >= 0.3 is 5.97 Å². The van der Waals surface area contributed by atoms with Crippen molar-refractivity contribution in [3.8, 4) is 11.5 Å². The fourth-order valence-corrected chi connectivity index (χ4v) is 3.05. The summed E-state index contributed by atoms with van der Waals surface area (Å²) in [6.07, 6.45) is 1.18. The van der Waals surface area contributed by atoms with E-state index in [1.807, 2.05) is 12.1 Å². The lowest BCUT2D eigenvalue weighted by molar-refractivity contribution is -0.139. The Bertz CT molecular complexity index is 1200. The van der Waals surface area contributed by atoms with Crippen LogP contribution in [-0.2, 0) is 16.0 Å². The maximum Gasteiger partial charge on any atom is 0.333 e. The maximum atomic E-state index is 12.7. The van der Waals surface area contributed by atoms with E-state index in [1.54, 1.807) is 49.4 Å². The minimum atomic E-state index is -0.424. The van der Waals surface area contributed by atoms with Crippen molar-refractivity contribution in [3.05, 3.63) is 95.6 Å². The van der Waals surface area contributed by atoms with E-state index in [-0.39, 0.29) is 29.4 Å². The van der Waals surface area contributed by atoms with Crippen molar-refractivity contribution in [2.45, 2.75) is 19.8 Å². The number of ether oxygens (including phenoxy) is 1. The molecule has 0 saturated heterocycles. The van der Waals surface area contributed by atoms with Crippen molar-refractivity contribution in [3.63, 3.8) is 0 Å². The average molecular weight is 444 g/mol. The predicted molar refractivity (Wildman–Crippen MR) is 124 cm³/mol. The van der Waals surface area contributed by atoms with Gasteiger partial charge < -0.3 is 14.9 Å². The molecule has 0 bridgehead atoms. The van der Waals surface area contributed by atoms with Crippen LogP contribution in [0.5, 0.6) is 11.5 Å². The first-order valence-electron chi connectivity index (χ1n) is 10.3. The number of nitrogens with zero attached hydrogens (tertiary/aromatic N) is 2. The van der Waals surface area contributed by atoms with Gasteiger partial charge in [-0.05, 0) is 37.5 Å². The molecule has 2 N–H and O–H groups in total. The number of carbonyl (C=O) groups is 2. The smallest absolute Gasteiger partial charge is 0.333 e. The summed E-state index contributed by atoms with van der Waals surface area (Å²) < 4.78 is 5.11. The maximum absolute atomic E-state index is 12.7. The predicted octanol–water partition coefficient (Wildman–Crippen LogP) is 5.80. The number of aryl methyl sites for hydroxylation is 1. The standard InChI is InChI=1S/C26H24N2O5/c1-17(2)26(32)33-14-8-12-18-9-6-7-13-21(18)27-28-22-15-20(23(29)16-24(22)30)25(31)19-10-4-3-5-11-19/h3-7,9-11,13,15-16,29-30H,1,8,12,14H2,2H3. The second-order valence-electron chi connectivity index (χ2n) is 7.40. The summed E-state index contributed by atoms with van der Waals surface area (Å²) in [5.74, 6) is -1.46. The van der Waals surface area contributed by atoms with E-state index >= 15 is 0 Å². The van der Waals surface area contributed by atoms with Gasteiger partial charge in [0.05, 0.1) is 17.9 Å². The zero-order valence-corrected chi connectivity index (χ0v) is 18.2. The van der Waals surface area contributed by atoms with Crippen LogP contribution in [-0.4, -0.2) is 28.6 Å². The first-order valence-corrected chi connectivity index (χ1v) is 10.3. The molecule has 0 aromatic heterocycles. The normalized spacial score (nSPS) is 10.8. The second-order valence-corrected chi connectivity index (χ2v) is 7.40. The Balaban J connectivity index is 1.78. The lowest BCUT2D eigenvalue weighted by Gasteiger charge is -2.08. The fraction of sp³-hybridized carbons (Fsp3) is 0.154. The summed E-state index contributed by atoms with van der Waals surface area (Å²) in [6, 6.07) is 18.2. The van der Waals surface area contributed by atoms with Gasteiger partial charge in [0.2, 0.25) is 0 Å². The summed E-state index contributed by atoms with van der Waals surface area (Å²) in [4.78, 5) is 24.2. The van der Waals surface area contributed by atoms with E-state index in [1.165, 1.54) is 6.07 Å². The molecular weight excluding hydrogens is 420 g/mol. The Morgan fingerprint density at radius 1 is 0.909 bits per heavy atom. The molecule has 7 nitrogen and oxygen atoms in total. The number of esters is 1. The van der Waals surface area contributed by atoms with Crippen molar-refractivity contribution in [1.29, 1.82) is 0 Å². The molecule has 0 heterocycles. The molecule has 0 amide bonds. The van der Waals surface area contributed by atoms with Gasteiger partial charge in [-0.25, -0.2) is 4.79 Å². The number of aromatic hydroxyl groups is 2. The van der Waals surface area contributed by atoms with Crippen LogP contribution in [0, 0.1) is 0 Å². The van der Waals surface area contributed by atoms with Crippen molar-refractivity contribution in [1.82, 2.24) is 0 Å².